The summed E-state index contributed by atoms with van der Waals surface area (Å²) in [6.07, 6.45) is 0. The third-order valence-electron chi connectivity index (χ3n) is 2.77. The Bertz CT molecular complexity index is 813. The van der Waals surface area contributed by atoms with Gasteiger partial charge >= 0.3 is 0 Å². The molecule has 2 rings (SSSR count). The molecule has 0 saturated carbocycles. The molecule has 0 aromatic heterocycles. The Balaban J connectivity index is 2.20. The third kappa shape index (κ3) is 3.82. The molecule has 2 aromatic rings. The van der Waals surface area contributed by atoms with E-state index in [0.29, 0.717) is 21.3 Å². The van der Waals surface area contributed by atoms with E-state index in [1.165, 1.54) is 18.2 Å². The number of halogens is 1. The van der Waals surface area contributed by atoms with Crippen LogP contribution in [0, 0.1) is 11.3 Å². The number of nitrogens with one attached hydrogen (secondary N) is 1. The largest absolute Gasteiger partial charge is 0.399 e. The summed E-state index contributed by atoms with van der Waals surface area (Å²) >= 11 is 3.19. The molecule has 0 amide bonds. The zero-order valence-corrected chi connectivity index (χ0v) is 13.3. The number of nitriles is 1. The minimum Gasteiger partial charge on any atom is -0.399 e. The van der Waals surface area contributed by atoms with E-state index in [1.54, 1.807) is 24.3 Å². The Morgan fingerprint density at radius 2 is 2.00 bits per heavy atom. The van der Waals surface area contributed by atoms with Crippen LogP contribution >= 0.6 is 15.9 Å². The second kappa shape index (κ2) is 6.26. The van der Waals surface area contributed by atoms with Crippen LogP contribution in [0.2, 0.25) is 0 Å². The van der Waals surface area contributed by atoms with Crippen molar-refractivity contribution in [2.75, 3.05) is 5.73 Å². The number of sulfonamides is 1. The molecule has 3 N–H and O–H groups in total. The number of nitrogens with zero attached hydrogens (tertiary/aromatic N) is 1. The van der Waals surface area contributed by atoms with Crippen molar-refractivity contribution in [1.29, 1.82) is 5.26 Å². The predicted octanol–water partition coefficient (Wildman–Crippen LogP) is 2.38. The van der Waals surface area contributed by atoms with Crippen LogP contribution in [0.1, 0.15) is 11.1 Å². The van der Waals surface area contributed by atoms with Gasteiger partial charge < -0.3 is 5.73 Å². The molecule has 108 valence electrons. The highest BCUT2D eigenvalue weighted by atomic mass is 79.9. The lowest BCUT2D eigenvalue weighted by Gasteiger charge is -2.09. The van der Waals surface area contributed by atoms with Gasteiger partial charge in [0, 0.05) is 16.7 Å². The Kier molecular flexibility index (Phi) is 4.63. The maximum Gasteiger partial charge on any atom is 0.241 e. The fraction of sp³-hybridized carbons (Fsp3) is 0.0714. The van der Waals surface area contributed by atoms with Crippen LogP contribution < -0.4 is 10.5 Å². The number of hydrogen-bond acceptors (Lipinski definition) is 4. The molecule has 0 radical (unpaired) electrons. The van der Waals surface area contributed by atoms with E-state index in [4.69, 9.17) is 11.0 Å². The second-order valence-electron chi connectivity index (χ2n) is 4.33. The van der Waals surface area contributed by atoms with Crippen LogP contribution in [-0.4, -0.2) is 8.42 Å². The lowest BCUT2D eigenvalue weighted by Crippen LogP contribution is -2.23. The molecule has 0 saturated heterocycles. The smallest absolute Gasteiger partial charge is 0.241 e. The molecule has 0 bridgehead atoms. The summed E-state index contributed by atoms with van der Waals surface area (Å²) in [5.41, 5.74) is 7.27. The first kappa shape index (κ1) is 15.5. The first-order chi connectivity index (χ1) is 9.92. The van der Waals surface area contributed by atoms with Gasteiger partial charge in [-0.2, -0.15) is 5.26 Å². The molecule has 0 aliphatic carbocycles. The van der Waals surface area contributed by atoms with Gasteiger partial charge in [0.2, 0.25) is 10.0 Å². The monoisotopic (exact) mass is 365 g/mol. The highest BCUT2D eigenvalue weighted by Crippen LogP contribution is 2.24. The van der Waals surface area contributed by atoms with E-state index in [9.17, 15) is 8.42 Å². The Morgan fingerprint density at radius 1 is 1.24 bits per heavy atom. The van der Waals surface area contributed by atoms with E-state index >= 15 is 0 Å². The summed E-state index contributed by atoms with van der Waals surface area (Å²) in [6.45, 7) is 0.106. The fourth-order valence-corrected chi connectivity index (χ4v) is 3.85. The normalized spacial score (nSPS) is 11.0. The molecule has 5 nitrogen and oxygen atoms in total. The van der Waals surface area contributed by atoms with Gasteiger partial charge in [-0.15, -0.1) is 0 Å². The van der Waals surface area contributed by atoms with Crippen molar-refractivity contribution in [3.05, 3.63) is 58.1 Å². The lowest BCUT2D eigenvalue weighted by molar-refractivity contribution is 0.581. The van der Waals surface area contributed by atoms with Crippen molar-refractivity contribution in [3.8, 4) is 6.07 Å². The van der Waals surface area contributed by atoms with Crippen molar-refractivity contribution in [2.45, 2.75) is 11.4 Å². The molecule has 0 heterocycles. The molecule has 0 aliphatic rings. The standard InChI is InChI=1S/C14H12BrN3O2S/c15-13-7-12(17)4-5-14(13)21(19,20)18-9-11-3-1-2-10(6-11)8-16/h1-7,18H,9,17H2. The minimum absolute atomic E-state index is 0.106. The number of nitrogen functional groups attached to an aromatic ring is 1. The topological polar surface area (TPSA) is 96.0 Å². The van der Waals surface area contributed by atoms with Crippen molar-refractivity contribution in [2.24, 2.45) is 0 Å². The van der Waals surface area contributed by atoms with Gasteiger partial charge in [0.1, 0.15) is 0 Å². The van der Waals surface area contributed by atoms with Gasteiger partial charge in [0.25, 0.3) is 0 Å². The molecule has 2 aromatic carbocycles. The molecular formula is C14H12BrN3O2S. The molecule has 0 fully saturated rings. The van der Waals surface area contributed by atoms with E-state index in [2.05, 4.69) is 20.7 Å². The zero-order chi connectivity index (χ0) is 15.5. The minimum atomic E-state index is -3.66. The maximum absolute atomic E-state index is 12.2. The van der Waals surface area contributed by atoms with Gasteiger partial charge in [0.15, 0.2) is 0 Å². The Labute approximate surface area is 131 Å². The first-order valence-corrected chi connectivity index (χ1v) is 8.24. The van der Waals surface area contributed by atoms with Crippen LogP contribution in [0.3, 0.4) is 0 Å². The Morgan fingerprint density at radius 3 is 2.67 bits per heavy atom. The van der Waals surface area contributed by atoms with Gasteiger partial charge in [0.05, 0.1) is 16.5 Å². The molecule has 0 atom stereocenters. The lowest BCUT2D eigenvalue weighted by atomic mass is 10.1. The molecule has 7 heteroatoms. The van der Waals surface area contributed by atoms with E-state index < -0.39 is 10.0 Å². The van der Waals surface area contributed by atoms with Crippen LogP contribution in [0.15, 0.2) is 51.8 Å². The van der Waals surface area contributed by atoms with Crippen molar-refractivity contribution in [3.63, 3.8) is 0 Å². The highest BCUT2D eigenvalue weighted by molar-refractivity contribution is 9.10. The summed E-state index contributed by atoms with van der Waals surface area (Å²) < 4.78 is 27.4. The van der Waals surface area contributed by atoms with Crippen LogP contribution in [0.4, 0.5) is 5.69 Å². The van der Waals surface area contributed by atoms with Gasteiger partial charge in [-0.05, 0) is 51.8 Å². The van der Waals surface area contributed by atoms with Crippen LogP contribution in [-0.2, 0) is 16.6 Å². The summed E-state index contributed by atoms with van der Waals surface area (Å²) in [5, 5.41) is 8.82. The first-order valence-electron chi connectivity index (χ1n) is 5.96. The number of nitrogens with two attached hydrogens (primary N) is 1. The predicted molar refractivity (Wildman–Crippen MR) is 83.7 cm³/mol. The van der Waals surface area contributed by atoms with Crippen molar-refractivity contribution < 1.29 is 8.42 Å². The number of rotatable bonds is 4. The SMILES string of the molecule is N#Cc1cccc(CNS(=O)(=O)c2ccc(N)cc2Br)c1. The van der Waals surface area contributed by atoms with Gasteiger partial charge in [-0.1, -0.05) is 12.1 Å². The fourth-order valence-electron chi connectivity index (χ4n) is 1.74. The van der Waals surface area contributed by atoms with Crippen molar-refractivity contribution in [1.82, 2.24) is 4.72 Å². The van der Waals surface area contributed by atoms with E-state index in [1.807, 2.05) is 6.07 Å². The average molecular weight is 366 g/mol. The van der Waals surface area contributed by atoms with Crippen LogP contribution in [0.25, 0.3) is 0 Å². The zero-order valence-electron chi connectivity index (χ0n) is 10.9. The summed E-state index contributed by atoms with van der Waals surface area (Å²) in [7, 11) is -3.66. The number of anilines is 1. The van der Waals surface area contributed by atoms with E-state index in [0.717, 1.165) is 0 Å². The summed E-state index contributed by atoms with van der Waals surface area (Å²) in [4.78, 5) is 0.119. The highest BCUT2D eigenvalue weighted by Gasteiger charge is 2.17. The molecule has 0 unspecified atom stereocenters. The molecule has 0 aliphatic heterocycles. The molecular weight excluding hydrogens is 354 g/mol. The quantitative estimate of drug-likeness (QED) is 0.812. The van der Waals surface area contributed by atoms with Gasteiger partial charge in [-0.25, -0.2) is 13.1 Å². The maximum atomic E-state index is 12.2. The number of hydrogen-bond donors (Lipinski definition) is 2. The number of benzene rings is 2. The molecule has 21 heavy (non-hydrogen) atoms. The third-order valence-corrected chi connectivity index (χ3v) is 5.15. The summed E-state index contributed by atoms with van der Waals surface area (Å²) in [5.74, 6) is 0. The summed E-state index contributed by atoms with van der Waals surface area (Å²) in [6, 6.07) is 13.3. The second-order valence-corrected chi connectivity index (χ2v) is 6.92. The molecule has 0 spiro atoms. The van der Waals surface area contributed by atoms with Crippen LogP contribution in [0.5, 0.6) is 0 Å². The van der Waals surface area contributed by atoms with Crippen molar-refractivity contribution >= 4 is 31.6 Å². The Hall–Kier alpha value is -1.88. The van der Waals surface area contributed by atoms with Gasteiger partial charge in [-0.3, -0.25) is 0 Å². The average Bonchev–Trinajstić information content (AvgIpc) is 2.45. The van der Waals surface area contributed by atoms with E-state index in [-0.39, 0.29) is 11.4 Å².